The second-order valence-corrected chi connectivity index (χ2v) is 6.43. The fraction of sp³-hybridized carbons (Fsp3) is 0.150. The van der Waals surface area contributed by atoms with E-state index < -0.39 is 0 Å². The van der Waals surface area contributed by atoms with E-state index in [2.05, 4.69) is 17.1 Å². The monoisotopic (exact) mass is 366 g/mol. The van der Waals surface area contributed by atoms with Crippen molar-refractivity contribution in [1.82, 2.24) is 20.0 Å². The minimum absolute atomic E-state index is 0.282. The number of hydrogen-bond acceptors (Lipinski definition) is 3. The zero-order valence-electron chi connectivity index (χ0n) is 14.2. The molecule has 2 aromatic carbocycles. The van der Waals surface area contributed by atoms with Crippen LogP contribution < -0.4 is 0 Å². The van der Waals surface area contributed by atoms with Gasteiger partial charge in [-0.1, -0.05) is 37.1 Å². The first kappa shape index (κ1) is 16.7. The minimum Gasteiger partial charge on any atom is -0.230 e. The largest absolute Gasteiger partial charge is 0.230 e. The van der Waals surface area contributed by atoms with Gasteiger partial charge in [0.05, 0.1) is 33.7 Å². The number of para-hydroxylation sites is 1. The van der Waals surface area contributed by atoms with Crippen molar-refractivity contribution in [2.45, 2.75) is 19.8 Å². The zero-order valence-corrected chi connectivity index (χ0v) is 14.9. The highest BCUT2D eigenvalue weighted by molar-refractivity contribution is 6.32. The maximum atomic E-state index is 13.5. The molecular weight excluding hydrogens is 351 g/mol. The van der Waals surface area contributed by atoms with Crippen molar-refractivity contribution in [3.8, 4) is 16.9 Å². The Morgan fingerprint density at radius 2 is 1.85 bits per heavy atom. The third kappa shape index (κ3) is 2.84. The molecule has 4 rings (SSSR count). The normalized spacial score (nSPS) is 11.2. The molecular formula is C20H16ClFN4. The summed E-state index contributed by atoms with van der Waals surface area (Å²) in [4.78, 5) is 0. The summed E-state index contributed by atoms with van der Waals surface area (Å²) >= 11 is 6.42. The average molecular weight is 367 g/mol. The summed E-state index contributed by atoms with van der Waals surface area (Å²) in [6.45, 7) is 2.09. The van der Waals surface area contributed by atoms with Gasteiger partial charge in [-0.15, -0.1) is 0 Å². The second kappa shape index (κ2) is 6.84. The highest BCUT2D eigenvalue weighted by Crippen LogP contribution is 2.34. The molecule has 0 aliphatic rings. The van der Waals surface area contributed by atoms with Crippen LogP contribution in [0.25, 0.3) is 27.8 Å². The number of hydrogen-bond donors (Lipinski definition) is 0. The Morgan fingerprint density at radius 1 is 1.08 bits per heavy atom. The summed E-state index contributed by atoms with van der Waals surface area (Å²) < 4.78 is 15.3. The molecule has 0 saturated carbocycles. The molecule has 0 aliphatic carbocycles. The van der Waals surface area contributed by atoms with Gasteiger partial charge in [0.25, 0.3) is 0 Å². The third-order valence-corrected chi connectivity index (χ3v) is 4.56. The van der Waals surface area contributed by atoms with Crippen LogP contribution in [-0.2, 0) is 6.42 Å². The van der Waals surface area contributed by atoms with E-state index in [-0.39, 0.29) is 5.82 Å². The number of nitrogens with zero attached hydrogens (tertiary/aromatic N) is 4. The number of aromatic nitrogens is 4. The smallest absolute Gasteiger partial charge is 0.123 e. The first-order chi connectivity index (χ1) is 12.7. The highest BCUT2D eigenvalue weighted by Gasteiger charge is 2.20. The van der Waals surface area contributed by atoms with Gasteiger partial charge in [-0.3, -0.25) is 0 Å². The Kier molecular flexibility index (Phi) is 4.39. The van der Waals surface area contributed by atoms with E-state index in [4.69, 9.17) is 16.7 Å². The van der Waals surface area contributed by atoms with E-state index in [1.54, 1.807) is 23.0 Å². The van der Waals surface area contributed by atoms with Crippen LogP contribution in [0.4, 0.5) is 4.39 Å². The van der Waals surface area contributed by atoms with E-state index in [1.165, 1.54) is 12.1 Å². The maximum Gasteiger partial charge on any atom is 0.123 e. The van der Waals surface area contributed by atoms with Crippen molar-refractivity contribution in [3.05, 3.63) is 71.3 Å². The maximum absolute atomic E-state index is 13.5. The van der Waals surface area contributed by atoms with Gasteiger partial charge in [-0.2, -0.15) is 15.3 Å². The molecule has 0 N–H and O–H groups in total. The lowest BCUT2D eigenvalue weighted by molar-refractivity contribution is 0.628. The molecule has 0 aliphatic heterocycles. The van der Waals surface area contributed by atoms with Gasteiger partial charge in [0, 0.05) is 5.56 Å². The fourth-order valence-corrected chi connectivity index (χ4v) is 3.31. The summed E-state index contributed by atoms with van der Waals surface area (Å²) in [5, 5.41) is 14.6. The lowest BCUT2D eigenvalue weighted by Crippen LogP contribution is -2.00. The van der Waals surface area contributed by atoms with Gasteiger partial charge >= 0.3 is 0 Å². The molecule has 4 aromatic rings. The first-order valence-corrected chi connectivity index (χ1v) is 8.81. The lowest BCUT2D eigenvalue weighted by Gasteiger charge is -2.10. The Hall–Kier alpha value is -2.79. The fourth-order valence-electron chi connectivity index (χ4n) is 3.10. The molecule has 6 heteroatoms. The van der Waals surface area contributed by atoms with Crippen LogP contribution >= 0.6 is 11.6 Å². The minimum atomic E-state index is -0.282. The molecule has 0 fully saturated rings. The van der Waals surface area contributed by atoms with Crippen LogP contribution in [-0.4, -0.2) is 20.0 Å². The van der Waals surface area contributed by atoms with E-state index in [0.29, 0.717) is 5.02 Å². The van der Waals surface area contributed by atoms with Crippen LogP contribution in [0.15, 0.2) is 54.7 Å². The highest BCUT2D eigenvalue weighted by atomic mass is 35.5. The van der Waals surface area contributed by atoms with Crippen molar-refractivity contribution in [2.24, 2.45) is 0 Å². The van der Waals surface area contributed by atoms with E-state index >= 15 is 0 Å². The number of benzene rings is 2. The molecule has 2 aromatic heterocycles. The van der Waals surface area contributed by atoms with Gasteiger partial charge in [0.1, 0.15) is 11.3 Å². The predicted octanol–water partition coefficient (Wildman–Crippen LogP) is 5.23. The SMILES string of the molecule is CCCc1nncc2nn(-c3ccccc3Cl)c(-c3ccc(F)cc3)c12. The third-order valence-electron chi connectivity index (χ3n) is 4.24. The Labute approximate surface area is 155 Å². The predicted molar refractivity (Wildman–Crippen MR) is 101 cm³/mol. The summed E-state index contributed by atoms with van der Waals surface area (Å²) in [5.41, 5.74) is 4.06. The standard InChI is InChI=1S/C20H16ClFN4/c1-2-5-16-19-17(12-23-24-16)25-26(18-7-4-3-6-15(18)21)20(19)13-8-10-14(22)11-9-13/h3-4,6-12H,2,5H2,1H3. The molecule has 2 heterocycles. The number of fused-ring (bicyclic) bond motifs is 1. The van der Waals surface area contributed by atoms with Crippen molar-refractivity contribution in [1.29, 1.82) is 0 Å². The molecule has 0 atom stereocenters. The molecule has 0 spiro atoms. The molecule has 26 heavy (non-hydrogen) atoms. The zero-order chi connectivity index (χ0) is 18.1. The Morgan fingerprint density at radius 3 is 2.58 bits per heavy atom. The molecule has 0 bridgehead atoms. The quantitative estimate of drug-likeness (QED) is 0.497. The number of rotatable bonds is 4. The number of aryl methyl sites for hydroxylation is 1. The first-order valence-electron chi connectivity index (χ1n) is 8.43. The van der Waals surface area contributed by atoms with Crippen LogP contribution in [0.2, 0.25) is 5.02 Å². The summed E-state index contributed by atoms with van der Waals surface area (Å²) in [6.07, 6.45) is 3.37. The summed E-state index contributed by atoms with van der Waals surface area (Å²) in [5.74, 6) is -0.282. The number of halogens is 2. The lowest BCUT2D eigenvalue weighted by atomic mass is 10.0. The Bertz CT molecular complexity index is 1070. The van der Waals surface area contributed by atoms with Gasteiger partial charge in [0.2, 0.25) is 0 Å². The molecule has 0 amide bonds. The molecule has 0 unspecified atom stereocenters. The van der Waals surface area contributed by atoms with Gasteiger partial charge in [-0.25, -0.2) is 9.07 Å². The second-order valence-electron chi connectivity index (χ2n) is 6.02. The topological polar surface area (TPSA) is 43.6 Å². The molecule has 130 valence electrons. The van der Waals surface area contributed by atoms with Crippen LogP contribution in [0.1, 0.15) is 19.0 Å². The van der Waals surface area contributed by atoms with E-state index in [9.17, 15) is 4.39 Å². The molecule has 0 radical (unpaired) electrons. The van der Waals surface area contributed by atoms with Crippen LogP contribution in [0.5, 0.6) is 0 Å². The van der Waals surface area contributed by atoms with Crippen molar-refractivity contribution >= 4 is 22.5 Å². The average Bonchev–Trinajstić information content (AvgIpc) is 3.03. The van der Waals surface area contributed by atoms with Crippen molar-refractivity contribution in [2.75, 3.05) is 0 Å². The van der Waals surface area contributed by atoms with E-state index in [0.717, 1.165) is 46.4 Å². The van der Waals surface area contributed by atoms with Crippen molar-refractivity contribution in [3.63, 3.8) is 0 Å². The summed E-state index contributed by atoms with van der Waals surface area (Å²) in [6, 6.07) is 13.9. The van der Waals surface area contributed by atoms with Gasteiger partial charge < -0.3 is 0 Å². The molecule has 0 saturated heterocycles. The van der Waals surface area contributed by atoms with Gasteiger partial charge in [-0.05, 0) is 42.8 Å². The molecule has 4 nitrogen and oxygen atoms in total. The van der Waals surface area contributed by atoms with Crippen molar-refractivity contribution < 1.29 is 4.39 Å². The van der Waals surface area contributed by atoms with Gasteiger partial charge in [0.15, 0.2) is 0 Å². The Balaban J connectivity index is 2.08. The summed E-state index contributed by atoms with van der Waals surface area (Å²) in [7, 11) is 0. The van der Waals surface area contributed by atoms with E-state index in [1.807, 2.05) is 24.3 Å². The van der Waals surface area contributed by atoms with Crippen LogP contribution in [0.3, 0.4) is 0 Å². The van der Waals surface area contributed by atoms with Crippen LogP contribution in [0, 0.1) is 5.82 Å².